The summed E-state index contributed by atoms with van der Waals surface area (Å²) in [6, 6.07) is 7.38. The number of rotatable bonds is 6. The topological polar surface area (TPSA) is 81.4 Å². The maximum absolute atomic E-state index is 11.7. The molecule has 0 bridgehead atoms. The number of aromatic nitrogens is 1. The highest BCUT2D eigenvalue weighted by molar-refractivity contribution is 5.92. The van der Waals surface area contributed by atoms with E-state index in [0.717, 1.165) is 16.8 Å². The first-order valence-corrected chi connectivity index (χ1v) is 7.39. The molecule has 6 heteroatoms. The van der Waals surface area contributed by atoms with Crippen LogP contribution in [0.4, 0.5) is 5.69 Å². The van der Waals surface area contributed by atoms with Gasteiger partial charge in [-0.2, -0.15) is 0 Å². The van der Waals surface area contributed by atoms with E-state index < -0.39 is 5.97 Å². The van der Waals surface area contributed by atoms with Gasteiger partial charge in [-0.05, 0) is 39.3 Å². The summed E-state index contributed by atoms with van der Waals surface area (Å²) in [6.07, 6.45) is 0.667. The van der Waals surface area contributed by atoms with E-state index in [4.69, 9.17) is 9.26 Å². The summed E-state index contributed by atoms with van der Waals surface area (Å²) in [4.78, 5) is 23.4. The Labute approximate surface area is 134 Å². The smallest absolute Gasteiger partial charge is 0.306 e. The fourth-order valence-corrected chi connectivity index (χ4v) is 2.14. The van der Waals surface area contributed by atoms with Gasteiger partial charge in [-0.1, -0.05) is 22.9 Å². The van der Waals surface area contributed by atoms with E-state index in [9.17, 15) is 9.59 Å². The molecule has 6 nitrogen and oxygen atoms in total. The summed E-state index contributed by atoms with van der Waals surface area (Å²) in [5.74, 6) is -0.0870. The van der Waals surface area contributed by atoms with Crippen LogP contribution in [0, 0.1) is 20.8 Å². The number of carbonyl (C=O) groups excluding carboxylic acids is 2. The van der Waals surface area contributed by atoms with Gasteiger partial charge < -0.3 is 14.6 Å². The number of carbonyl (C=O) groups is 2. The van der Waals surface area contributed by atoms with Gasteiger partial charge in [-0.3, -0.25) is 9.59 Å². The third kappa shape index (κ3) is 4.95. The lowest BCUT2D eigenvalue weighted by atomic mass is 10.1. The predicted octanol–water partition coefficient (Wildman–Crippen LogP) is 2.71. The van der Waals surface area contributed by atoms with Crippen LogP contribution in [0.15, 0.2) is 28.8 Å². The van der Waals surface area contributed by atoms with Crippen molar-refractivity contribution in [2.45, 2.75) is 33.6 Å². The molecule has 1 amide bonds. The highest BCUT2D eigenvalue weighted by atomic mass is 16.5. The van der Waals surface area contributed by atoms with Gasteiger partial charge in [0.15, 0.2) is 6.61 Å². The maximum Gasteiger partial charge on any atom is 0.306 e. The summed E-state index contributed by atoms with van der Waals surface area (Å²) < 4.78 is 10.0. The molecule has 122 valence electrons. The monoisotopic (exact) mass is 316 g/mol. The molecule has 0 atom stereocenters. The molecule has 1 N–H and O–H groups in total. The molecule has 0 aliphatic heterocycles. The number of benzene rings is 1. The minimum atomic E-state index is -0.427. The molecule has 2 rings (SSSR count). The van der Waals surface area contributed by atoms with Crippen molar-refractivity contribution in [3.63, 3.8) is 0 Å². The average Bonchev–Trinajstić information content (AvgIpc) is 2.84. The van der Waals surface area contributed by atoms with E-state index in [1.165, 1.54) is 0 Å². The zero-order valence-corrected chi connectivity index (χ0v) is 13.5. The van der Waals surface area contributed by atoms with Crippen molar-refractivity contribution in [1.29, 1.82) is 0 Å². The van der Waals surface area contributed by atoms with E-state index in [2.05, 4.69) is 10.5 Å². The molecule has 1 heterocycles. The lowest BCUT2D eigenvalue weighted by molar-refractivity contribution is -0.147. The molecule has 0 spiro atoms. The quantitative estimate of drug-likeness (QED) is 0.829. The third-order valence-electron chi connectivity index (χ3n) is 3.46. The van der Waals surface area contributed by atoms with Crippen LogP contribution >= 0.6 is 0 Å². The maximum atomic E-state index is 11.7. The molecule has 0 aliphatic carbocycles. The van der Waals surface area contributed by atoms with Crippen molar-refractivity contribution >= 4 is 17.6 Å². The second-order valence-electron chi connectivity index (χ2n) is 5.38. The summed E-state index contributed by atoms with van der Waals surface area (Å²) in [5.41, 5.74) is 3.46. The van der Waals surface area contributed by atoms with Crippen LogP contribution < -0.4 is 5.32 Å². The Balaban J connectivity index is 1.73. The minimum Gasteiger partial charge on any atom is -0.456 e. The van der Waals surface area contributed by atoms with Gasteiger partial charge in [0.05, 0.1) is 5.69 Å². The zero-order chi connectivity index (χ0) is 16.8. The fourth-order valence-electron chi connectivity index (χ4n) is 2.14. The summed E-state index contributed by atoms with van der Waals surface area (Å²) in [6.45, 7) is 5.29. The molecular weight excluding hydrogens is 296 g/mol. The van der Waals surface area contributed by atoms with Crippen LogP contribution in [0.3, 0.4) is 0 Å². The Bertz CT molecular complexity index is 670. The van der Waals surface area contributed by atoms with Crippen molar-refractivity contribution in [3.05, 3.63) is 46.8 Å². The number of hydrogen-bond donors (Lipinski definition) is 1. The molecule has 0 unspecified atom stereocenters. The normalized spacial score (nSPS) is 10.4. The molecule has 0 fully saturated rings. The van der Waals surface area contributed by atoms with Crippen LogP contribution in [0.5, 0.6) is 0 Å². The van der Waals surface area contributed by atoms with Crippen LogP contribution in [-0.2, 0) is 20.7 Å². The Morgan fingerprint density at radius 1 is 1.17 bits per heavy atom. The fraction of sp³-hybridized carbons (Fsp3) is 0.353. The molecular formula is C17H20N2O4. The van der Waals surface area contributed by atoms with Gasteiger partial charge in [0.25, 0.3) is 5.91 Å². The Hall–Kier alpha value is -2.63. The lowest BCUT2D eigenvalue weighted by Gasteiger charge is -2.07. The number of anilines is 1. The molecule has 1 aromatic carbocycles. The van der Waals surface area contributed by atoms with Crippen molar-refractivity contribution in [1.82, 2.24) is 5.16 Å². The summed E-state index contributed by atoms with van der Waals surface area (Å²) in [5, 5.41) is 6.50. The number of nitrogens with zero attached hydrogens (tertiary/aromatic N) is 1. The predicted molar refractivity (Wildman–Crippen MR) is 85.1 cm³/mol. The second-order valence-corrected chi connectivity index (χ2v) is 5.38. The third-order valence-corrected chi connectivity index (χ3v) is 3.46. The first-order chi connectivity index (χ1) is 11.0. The highest BCUT2D eigenvalue weighted by Gasteiger charge is 2.13. The van der Waals surface area contributed by atoms with E-state index in [-0.39, 0.29) is 18.9 Å². The number of nitrogens with one attached hydrogen (secondary N) is 1. The average molecular weight is 316 g/mol. The first-order valence-electron chi connectivity index (χ1n) is 7.39. The minimum absolute atomic E-state index is 0.181. The van der Waals surface area contributed by atoms with E-state index in [1.54, 1.807) is 19.1 Å². The van der Waals surface area contributed by atoms with Crippen LogP contribution in [0.25, 0.3) is 0 Å². The zero-order valence-electron chi connectivity index (χ0n) is 13.5. The Morgan fingerprint density at radius 3 is 2.48 bits per heavy atom. The Kier molecular flexibility index (Phi) is 5.51. The van der Waals surface area contributed by atoms with Gasteiger partial charge in [-0.15, -0.1) is 0 Å². The number of hydrogen-bond acceptors (Lipinski definition) is 5. The van der Waals surface area contributed by atoms with Crippen molar-refractivity contribution < 1.29 is 18.8 Å². The molecule has 0 radical (unpaired) electrons. The van der Waals surface area contributed by atoms with Crippen molar-refractivity contribution in [3.8, 4) is 0 Å². The highest BCUT2D eigenvalue weighted by Crippen LogP contribution is 2.14. The van der Waals surface area contributed by atoms with Gasteiger partial charge in [0.1, 0.15) is 5.76 Å². The number of ether oxygens (including phenoxy) is 1. The molecule has 0 aliphatic rings. The molecule has 2 aromatic rings. The van der Waals surface area contributed by atoms with Crippen LogP contribution in [-0.4, -0.2) is 23.6 Å². The molecule has 23 heavy (non-hydrogen) atoms. The molecule has 0 saturated carbocycles. The van der Waals surface area contributed by atoms with Crippen LogP contribution in [0.1, 0.15) is 29.0 Å². The lowest BCUT2D eigenvalue weighted by Crippen LogP contribution is -2.21. The SMILES string of the molecule is Cc1ccc(NC(=O)COC(=O)CCc2c(C)noc2C)cc1. The standard InChI is InChI=1S/C17H20N2O4/c1-11-4-6-14(7-5-11)18-16(20)10-22-17(21)9-8-15-12(2)19-23-13(15)3/h4-7H,8-10H2,1-3H3,(H,18,20). The van der Waals surface area contributed by atoms with Crippen LogP contribution in [0.2, 0.25) is 0 Å². The number of aryl methyl sites for hydroxylation is 3. The second kappa shape index (κ2) is 7.58. The van der Waals surface area contributed by atoms with Crippen molar-refractivity contribution in [2.75, 3.05) is 11.9 Å². The van der Waals surface area contributed by atoms with Gasteiger partial charge >= 0.3 is 5.97 Å². The van der Waals surface area contributed by atoms with E-state index in [1.807, 2.05) is 26.0 Å². The first kappa shape index (κ1) is 16.7. The summed E-state index contributed by atoms with van der Waals surface area (Å²) >= 11 is 0. The van der Waals surface area contributed by atoms with E-state index >= 15 is 0 Å². The van der Waals surface area contributed by atoms with Gasteiger partial charge in [-0.25, -0.2) is 0 Å². The van der Waals surface area contributed by atoms with E-state index in [0.29, 0.717) is 17.9 Å². The molecule has 1 aromatic heterocycles. The van der Waals surface area contributed by atoms with Gasteiger partial charge in [0, 0.05) is 17.7 Å². The largest absolute Gasteiger partial charge is 0.456 e. The van der Waals surface area contributed by atoms with Crippen molar-refractivity contribution in [2.24, 2.45) is 0 Å². The summed E-state index contributed by atoms with van der Waals surface area (Å²) in [7, 11) is 0. The van der Waals surface area contributed by atoms with Gasteiger partial charge in [0.2, 0.25) is 0 Å². The number of amides is 1. The Morgan fingerprint density at radius 2 is 1.87 bits per heavy atom. The number of esters is 1. The molecule has 0 saturated heterocycles.